The van der Waals surface area contributed by atoms with Gasteiger partial charge in [0.25, 0.3) is 0 Å². The van der Waals surface area contributed by atoms with Crippen LogP contribution in [0.2, 0.25) is 10.0 Å². The molecule has 0 spiro atoms. The fourth-order valence-corrected chi connectivity index (χ4v) is 4.47. The fraction of sp³-hybridized carbons (Fsp3) is 0.417. The number of amides is 2. The first-order valence-electron chi connectivity index (χ1n) is 10.5. The van der Waals surface area contributed by atoms with Crippen molar-refractivity contribution in [1.29, 1.82) is 0 Å². The van der Waals surface area contributed by atoms with E-state index in [9.17, 15) is 9.59 Å². The predicted molar refractivity (Wildman–Crippen MR) is 132 cm³/mol. The lowest BCUT2D eigenvalue weighted by atomic mass is 10.1. The summed E-state index contributed by atoms with van der Waals surface area (Å²) in [5, 5.41) is 4.17. The minimum atomic E-state index is -0.537. The summed E-state index contributed by atoms with van der Waals surface area (Å²) in [4.78, 5) is 27.4. The first-order valence-corrected chi connectivity index (χ1v) is 12.4. The molecule has 0 bridgehead atoms. The molecule has 0 fully saturated rings. The van der Waals surface area contributed by atoms with E-state index in [-0.39, 0.29) is 23.6 Å². The van der Waals surface area contributed by atoms with E-state index < -0.39 is 6.04 Å². The first kappa shape index (κ1) is 25.6. The lowest BCUT2D eigenvalue weighted by Gasteiger charge is -2.29. The largest absolute Gasteiger partial charge is 0.352 e. The van der Waals surface area contributed by atoms with Crippen LogP contribution in [-0.2, 0) is 21.8 Å². The molecule has 0 saturated carbocycles. The third-order valence-electron chi connectivity index (χ3n) is 5.15. The number of carbonyl (C=O) groups is 2. The molecule has 0 radical (unpaired) electrons. The van der Waals surface area contributed by atoms with Crippen LogP contribution in [0, 0.1) is 0 Å². The quantitative estimate of drug-likeness (QED) is 0.455. The van der Waals surface area contributed by atoms with Gasteiger partial charge in [-0.1, -0.05) is 66.5 Å². The number of nitrogens with zero attached hydrogens (tertiary/aromatic N) is 1. The Hall–Kier alpha value is -1.69. The van der Waals surface area contributed by atoms with Crippen molar-refractivity contribution in [1.82, 2.24) is 10.2 Å². The average Bonchev–Trinajstić information content (AvgIpc) is 2.75. The van der Waals surface area contributed by atoms with Crippen molar-refractivity contribution in [3.8, 4) is 0 Å². The summed E-state index contributed by atoms with van der Waals surface area (Å²) in [5.41, 5.74) is 2.07. The van der Waals surface area contributed by atoms with Crippen molar-refractivity contribution >= 4 is 46.8 Å². The zero-order valence-electron chi connectivity index (χ0n) is 18.2. The van der Waals surface area contributed by atoms with Crippen LogP contribution in [0.15, 0.2) is 48.5 Å². The van der Waals surface area contributed by atoms with Crippen LogP contribution in [0.4, 0.5) is 0 Å². The first-order chi connectivity index (χ1) is 14.8. The molecule has 0 saturated heterocycles. The summed E-state index contributed by atoms with van der Waals surface area (Å²) in [6, 6.07) is 14.9. The smallest absolute Gasteiger partial charge is 0.242 e. The van der Waals surface area contributed by atoms with Crippen molar-refractivity contribution < 1.29 is 9.59 Å². The maximum absolute atomic E-state index is 13.1. The highest BCUT2D eigenvalue weighted by Gasteiger charge is 2.26. The van der Waals surface area contributed by atoms with Gasteiger partial charge in [0.15, 0.2) is 0 Å². The minimum absolute atomic E-state index is 0.0576. The number of benzene rings is 2. The predicted octanol–water partition coefficient (Wildman–Crippen LogP) is 5.60. The van der Waals surface area contributed by atoms with Crippen LogP contribution in [0.25, 0.3) is 0 Å². The molecular weight excluding hydrogens is 451 g/mol. The van der Waals surface area contributed by atoms with E-state index in [1.54, 1.807) is 24.0 Å². The van der Waals surface area contributed by atoms with Gasteiger partial charge >= 0.3 is 0 Å². The van der Waals surface area contributed by atoms with Crippen molar-refractivity contribution in [2.75, 3.05) is 12.3 Å². The normalized spacial score (nSPS) is 12.8. The molecule has 0 aliphatic heterocycles. The molecule has 2 unspecified atom stereocenters. The van der Waals surface area contributed by atoms with Crippen molar-refractivity contribution in [2.45, 2.75) is 51.4 Å². The van der Waals surface area contributed by atoms with Gasteiger partial charge in [0, 0.05) is 28.4 Å². The summed E-state index contributed by atoms with van der Waals surface area (Å²) >= 11 is 13.7. The molecule has 2 atom stereocenters. The van der Waals surface area contributed by atoms with E-state index in [1.165, 1.54) is 11.8 Å². The number of thioether (sulfide) groups is 1. The molecule has 0 heterocycles. The Morgan fingerprint density at radius 1 is 1.10 bits per heavy atom. The molecule has 2 aromatic carbocycles. The Labute approximate surface area is 199 Å². The maximum atomic E-state index is 13.1. The number of halogens is 2. The van der Waals surface area contributed by atoms with Crippen LogP contribution in [0.3, 0.4) is 0 Å². The molecule has 168 valence electrons. The van der Waals surface area contributed by atoms with Crippen LogP contribution >= 0.6 is 35.0 Å². The van der Waals surface area contributed by atoms with Crippen LogP contribution in [0.5, 0.6) is 0 Å². The lowest BCUT2D eigenvalue weighted by Crippen LogP contribution is -2.51. The number of carbonyl (C=O) groups excluding carboxylic acids is 2. The van der Waals surface area contributed by atoms with Gasteiger partial charge in [0.1, 0.15) is 6.04 Å². The molecule has 2 aromatic rings. The minimum Gasteiger partial charge on any atom is -0.352 e. The van der Waals surface area contributed by atoms with Gasteiger partial charge in [0.05, 0.1) is 5.75 Å². The van der Waals surface area contributed by atoms with Gasteiger partial charge in [-0.2, -0.15) is 0 Å². The van der Waals surface area contributed by atoms with Crippen molar-refractivity contribution in [2.24, 2.45) is 0 Å². The Kier molecular flexibility index (Phi) is 10.7. The summed E-state index contributed by atoms with van der Waals surface area (Å²) in [6.45, 7) is 6.26. The van der Waals surface area contributed by atoms with E-state index >= 15 is 0 Å². The number of rotatable bonds is 11. The van der Waals surface area contributed by atoms with E-state index in [0.717, 1.165) is 17.5 Å². The highest BCUT2D eigenvalue weighted by molar-refractivity contribution is 7.99. The topological polar surface area (TPSA) is 49.4 Å². The number of hydrogen-bond donors (Lipinski definition) is 1. The molecule has 0 aliphatic carbocycles. The third-order valence-corrected chi connectivity index (χ3v) is 6.70. The van der Waals surface area contributed by atoms with Crippen LogP contribution in [0.1, 0.15) is 38.3 Å². The molecular formula is C24H30Cl2N2O2S. The van der Waals surface area contributed by atoms with Gasteiger partial charge in [-0.05, 0) is 49.9 Å². The van der Waals surface area contributed by atoms with Crippen molar-refractivity contribution in [3.05, 3.63) is 69.7 Å². The van der Waals surface area contributed by atoms with Gasteiger partial charge in [-0.25, -0.2) is 0 Å². The second-order valence-corrected chi connectivity index (χ2v) is 9.37. The van der Waals surface area contributed by atoms with Gasteiger partial charge in [-0.3, -0.25) is 9.59 Å². The Morgan fingerprint density at radius 2 is 1.81 bits per heavy atom. The van der Waals surface area contributed by atoms with Crippen LogP contribution in [-0.4, -0.2) is 41.1 Å². The van der Waals surface area contributed by atoms with Gasteiger partial charge < -0.3 is 10.2 Å². The fourth-order valence-electron chi connectivity index (χ4n) is 3.01. The zero-order chi connectivity index (χ0) is 22.8. The highest BCUT2D eigenvalue weighted by atomic mass is 35.5. The van der Waals surface area contributed by atoms with Gasteiger partial charge in [0.2, 0.25) is 11.8 Å². The molecule has 2 amide bonds. The summed E-state index contributed by atoms with van der Waals surface area (Å²) in [5.74, 6) is 0.690. The summed E-state index contributed by atoms with van der Waals surface area (Å²) < 4.78 is 0. The Bertz CT molecular complexity index is 864. The Morgan fingerprint density at radius 3 is 2.45 bits per heavy atom. The monoisotopic (exact) mass is 480 g/mol. The second-order valence-electron chi connectivity index (χ2n) is 7.55. The molecule has 1 N–H and O–H groups in total. The van der Waals surface area contributed by atoms with Crippen molar-refractivity contribution in [3.63, 3.8) is 0 Å². The Balaban J connectivity index is 2.02. The average molecular weight is 481 g/mol. The van der Waals surface area contributed by atoms with E-state index in [4.69, 9.17) is 23.2 Å². The third kappa shape index (κ3) is 8.40. The van der Waals surface area contributed by atoms with E-state index in [0.29, 0.717) is 28.8 Å². The van der Waals surface area contributed by atoms with Crippen LogP contribution < -0.4 is 5.32 Å². The zero-order valence-corrected chi connectivity index (χ0v) is 20.6. The summed E-state index contributed by atoms with van der Waals surface area (Å²) in [7, 11) is 0. The molecule has 31 heavy (non-hydrogen) atoms. The maximum Gasteiger partial charge on any atom is 0.242 e. The van der Waals surface area contributed by atoms with E-state index in [2.05, 4.69) is 5.32 Å². The molecule has 2 rings (SSSR count). The highest BCUT2D eigenvalue weighted by Crippen LogP contribution is 2.25. The van der Waals surface area contributed by atoms with E-state index in [1.807, 2.05) is 50.2 Å². The molecule has 4 nitrogen and oxygen atoms in total. The molecule has 0 aliphatic rings. The van der Waals surface area contributed by atoms with Gasteiger partial charge in [-0.15, -0.1) is 11.8 Å². The number of hydrogen-bond acceptors (Lipinski definition) is 3. The summed E-state index contributed by atoms with van der Waals surface area (Å²) in [6.07, 6.45) is 1.54. The SMILES string of the molecule is CCC(C)NC(=O)C(C)N(CCc1ccccc1)C(=O)CSCc1ccc(Cl)cc1Cl. The standard InChI is InChI=1S/C24H30Cl2N2O2S/c1-4-17(2)27-24(30)18(3)28(13-12-19-8-6-5-7-9-19)23(29)16-31-15-20-10-11-21(25)14-22(20)26/h5-11,14,17-18H,4,12-13,15-16H2,1-3H3,(H,27,30). The molecule has 0 aromatic heterocycles. The number of nitrogens with one attached hydrogen (secondary N) is 1. The lowest BCUT2D eigenvalue weighted by molar-refractivity contribution is -0.138. The second kappa shape index (κ2) is 13.0. The molecule has 7 heteroatoms.